The van der Waals surface area contributed by atoms with Crippen LogP contribution in [-0.4, -0.2) is 43.0 Å². The number of ether oxygens (including phenoxy) is 1. The van der Waals surface area contributed by atoms with Gasteiger partial charge in [-0.1, -0.05) is 29.3 Å². The molecular weight excluding hydrogens is 327 g/mol. The van der Waals surface area contributed by atoms with E-state index >= 15 is 0 Å². The smallest absolute Gasteiger partial charge is 0.229 e. The minimum absolute atomic E-state index is 0.0399. The zero-order valence-electron chi connectivity index (χ0n) is 12.4. The molecule has 1 N–H and O–H groups in total. The molecule has 2 atom stereocenters. The van der Waals surface area contributed by atoms with E-state index in [-0.39, 0.29) is 24.3 Å². The van der Waals surface area contributed by atoms with Crippen molar-refractivity contribution in [2.45, 2.75) is 19.4 Å². The number of hydrogen-bond acceptors (Lipinski definition) is 3. The van der Waals surface area contributed by atoms with Crippen molar-refractivity contribution in [3.05, 3.63) is 28.2 Å². The van der Waals surface area contributed by atoms with Gasteiger partial charge < -0.3 is 15.0 Å². The van der Waals surface area contributed by atoms with Gasteiger partial charge in [0.05, 0.1) is 34.3 Å². The van der Waals surface area contributed by atoms with Crippen LogP contribution in [-0.2, 0) is 14.3 Å². The molecule has 2 rings (SSSR count). The zero-order chi connectivity index (χ0) is 16.3. The van der Waals surface area contributed by atoms with Crippen molar-refractivity contribution in [1.82, 2.24) is 4.90 Å². The summed E-state index contributed by atoms with van der Waals surface area (Å²) in [5, 5.41) is 3.41. The van der Waals surface area contributed by atoms with Crippen molar-refractivity contribution in [2.24, 2.45) is 5.92 Å². The normalized spacial score (nSPS) is 19.4. The summed E-state index contributed by atoms with van der Waals surface area (Å²) < 4.78 is 5.06. The van der Waals surface area contributed by atoms with Crippen molar-refractivity contribution in [3.63, 3.8) is 0 Å². The Bertz CT molecular complexity index is 580. The number of anilines is 1. The lowest BCUT2D eigenvalue weighted by Gasteiger charge is -2.23. The van der Waals surface area contributed by atoms with Crippen LogP contribution < -0.4 is 5.32 Å². The highest BCUT2D eigenvalue weighted by Crippen LogP contribution is 2.30. The third-order valence-electron chi connectivity index (χ3n) is 3.68. The second-order valence-electron chi connectivity index (χ2n) is 5.34. The summed E-state index contributed by atoms with van der Waals surface area (Å²) in [5.74, 6) is -0.673. The van der Waals surface area contributed by atoms with Gasteiger partial charge in [0, 0.05) is 20.1 Å². The minimum Gasteiger partial charge on any atom is -0.383 e. The van der Waals surface area contributed by atoms with Crippen LogP contribution in [0.15, 0.2) is 18.2 Å². The maximum Gasteiger partial charge on any atom is 0.229 e. The van der Waals surface area contributed by atoms with E-state index in [1.165, 1.54) is 0 Å². The lowest BCUT2D eigenvalue weighted by molar-refractivity contribution is -0.130. The van der Waals surface area contributed by atoms with Crippen molar-refractivity contribution in [3.8, 4) is 0 Å². The number of methoxy groups -OCH3 is 1. The van der Waals surface area contributed by atoms with Gasteiger partial charge >= 0.3 is 0 Å². The van der Waals surface area contributed by atoms with Crippen LogP contribution in [0.4, 0.5) is 5.69 Å². The summed E-state index contributed by atoms with van der Waals surface area (Å²) in [6, 6.07) is 4.97. The van der Waals surface area contributed by atoms with Gasteiger partial charge in [-0.05, 0) is 19.1 Å². The van der Waals surface area contributed by atoms with Gasteiger partial charge in [0.2, 0.25) is 11.8 Å². The van der Waals surface area contributed by atoms with Crippen LogP contribution in [0, 0.1) is 5.92 Å². The Morgan fingerprint density at radius 1 is 1.50 bits per heavy atom. The molecule has 1 saturated heterocycles. The number of nitrogens with one attached hydrogen (secondary N) is 1. The van der Waals surface area contributed by atoms with E-state index in [4.69, 9.17) is 27.9 Å². The Hall–Kier alpha value is -1.30. The fourth-order valence-corrected chi connectivity index (χ4v) is 2.85. The van der Waals surface area contributed by atoms with Gasteiger partial charge in [0.25, 0.3) is 0 Å². The molecule has 0 aliphatic carbocycles. The van der Waals surface area contributed by atoms with Crippen LogP contribution in [0.25, 0.3) is 0 Å². The highest BCUT2D eigenvalue weighted by atomic mass is 35.5. The fraction of sp³-hybridized carbons (Fsp3) is 0.467. The Labute approximate surface area is 139 Å². The summed E-state index contributed by atoms with van der Waals surface area (Å²) >= 11 is 12.0. The third-order valence-corrected chi connectivity index (χ3v) is 4.50. The topological polar surface area (TPSA) is 58.6 Å². The van der Waals surface area contributed by atoms with E-state index in [0.29, 0.717) is 28.9 Å². The number of amides is 2. The quantitative estimate of drug-likeness (QED) is 0.893. The Balaban J connectivity index is 2.02. The van der Waals surface area contributed by atoms with Crippen molar-refractivity contribution in [1.29, 1.82) is 0 Å². The van der Waals surface area contributed by atoms with Gasteiger partial charge in [0.15, 0.2) is 0 Å². The van der Waals surface area contributed by atoms with Crippen molar-refractivity contribution >= 4 is 40.7 Å². The molecular formula is C15H18Cl2N2O3. The number of carbonyl (C=O) groups excluding carboxylic acids is 2. The number of carbonyl (C=O) groups is 2. The molecule has 1 aromatic rings. The lowest BCUT2D eigenvalue weighted by atomic mass is 10.1. The van der Waals surface area contributed by atoms with Crippen LogP contribution >= 0.6 is 23.2 Å². The second-order valence-corrected chi connectivity index (χ2v) is 6.13. The van der Waals surface area contributed by atoms with Crippen LogP contribution in [0.3, 0.4) is 0 Å². The van der Waals surface area contributed by atoms with Crippen LogP contribution in [0.2, 0.25) is 10.0 Å². The fourth-order valence-electron chi connectivity index (χ4n) is 2.50. The van der Waals surface area contributed by atoms with Gasteiger partial charge in [-0.15, -0.1) is 0 Å². The number of hydrogen-bond donors (Lipinski definition) is 1. The summed E-state index contributed by atoms with van der Waals surface area (Å²) in [5.41, 5.74) is 0.454. The summed E-state index contributed by atoms with van der Waals surface area (Å²) in [6.45, 7) is 2.73. The molecule has 0 unspecified atom stereocenters. The average molecular weight is 345 g/mol. The predicted octanol–water partition coefficient (Wildman–Crippen LogP) is 2.82. The predicted molar refractivity (Wildman–Crippen MR) is 86.2 cm³/mol. The zero-order valence-corrected chi connectivity index (χ0v) is 13.9. The number of nitrogens with zero attached hydrogens (tertiary/aromatic N) is 1. The minimum atomic E-state index is -0.401. The maximum absolute atomic E-state index is 12.3. The first kappa shape index (κ1) is 17.1. The molecule has 0 aromatic heterocycles. The van der Waals surface area contributed by atoms with E-state index in [1.807, 2.05) is 6.92 Å². The SMILES string of the molecule is COC[C@@H](C)N1C[C@H](C(=O)Nc2cccc(Cl)c2Cl)CC1=O. The summed E-state index contributed by atoms with van der Waals surface area (Å²) in [7, 11) is 1.59. The third kappa shape index (κ3) is 3.72. The van der Waals surface area contributed by atoms with Gasteiger partial charge in [-0.25, -0.2) is 0 Å². The van der Waals surface area contributed by atoms with Gasteiger partial charge in [0.1, 0.15) is 0 Å². The molecule has 0 radical (unpaired) electrons. The molecule has 0 spiro atoms. The largest absolute Gasteiger partial charge is 0.383 e. The molecule has 1 aliphatic heterocycles. The Kier molecular flexibility index (Phi) is 5.67. The molecule has 7 heteroatoms. The number of likely N-dealkylation sites (tertiary alicyclic amines) is 1. The van der Waals surface area contributed by atoms with E-state index in [2.05, 4.69) is 5.32 Å². The number of halogens is 2. The second kappa shape index (κ2) is 7.31. The number of rotatable bonds is 5. The van der Waals surface area contributed by atoms with Crippen molar-refractivity contribution in [2.75, 3.05) is 25.6 Å². The first-order valence-electron chi connectivity index (χ1n) is 6.97. The highest BCUT2D eigenvalue weighted by molar-refractivity contribution is 6.44. The maximum atomic E-state index is 12.3. The van der Waals surface area contributed by atoms with E-state index in [0.717, 1.165) is 0 Å². The molecule has 0 bridgehead atoms. The molecule has 2 amide bonds. The molecule has 1 aromatic carbocycles. The number of benzene rings is 1. The molecule has 22 heavy (non-hydrogen) atoms. The van der Waals surface area contributed by atoms with Crippen LogP contribution in [0.5, 0.6) is 0 Å². The molecule has 1 fully saturated rings. The van der Waals surface area contributed by atoms with Gasteiger partial charge in [-0.3, -0.25) is 9.59 Å². The summed E-state index contributed by atoms with van der Waals surface area (Å²) in [4.78, 5) is 26.0. The standard InChI is InChI=1S/C15H18Cl2N2O3/c1-9(8-22-2)19-7-10(6-13(19)20)15(21)18-12-5-3-4-11(16)14(12)17/h3-5,9-10H,6-8H2,1-2H3,(H,18,21)/t9-,10-/m1/s1. The highest BCUT2D eigenvalue weighted by Gasteiger charge is 2.36. The molecule has 5 nitrogen and oxygen atoms in total. The molecule has 0 saturated carbocycles. The Morgan fingerprint density at radius 2 is 2.23 bits per heavy atom. The first-order chi connectivity index (χ1) is 10.4. The van der Waals surface area contributed by atoms with E-state index in [1.54, 1.807) is 30.2 Å². The molecule has 1 aliphatic rings. The van der Waals surface area contributed by atoms with E-state index in [9.17, 15) is 9.59 Å². The van der Waals surface area contributed by atoms with E-state index < -0.39 is 5.92 Å². The summed E-state index contributed by atoms with van der Waals surface area (Å²) in [6.07, 6.45) is 0.193. The lowest BCUT2D eigenvalue weighted by Crippen LogP contribution is -2.38. The Morgan fingerprint density at radius 3 is 2.91 bits per heavy atom. The average Bonchev–Trinajstić information content (AvgIpc) is 2.86. The molecule has 1 heterocycles. The van der Waals surface area contributed by atoms with Crippen molar-refractivity contribution < 1.29 is 14.3 Å². The first-order valence-corrected chi connectivity index (χ1v) is 7.73. The van der Waals surface area contributed by atoms with Crippen LogP contribution in [0.1, 0.15) is 13.3 Å². The van der Waals surface area contributed by atoms with Gasteiger partial charge in [-0.2, -0.15) is 0 Å². The monoisotopic (exact) mass is 344 g/mol. The molecule has 120 valence electrons.